The highest BCUT2D eigenvalue weighted by molar-refractivity contribution is 5.21. The normalized spacial score (nSPS) is 13.1. The van der Waals surface area contributed by atoms with Crippen LogP contribution in [0, 0.1) is 6.92 Å². The first-order valence-electron chi connectivity index (χ1n) is 6.06. The van der Waals surface area contributed by atoms with E-state index in [2.05, 4.69) is 62.4 Å². The molecule has 0 aliphatic heterocycles. The zero-order chi connectivity index (χ0) is 12.0. The molecular weight excluding hydrogens is 196 g/mol. The van der Waals surface area contributed by atoms with E-state index in [1.165, 1.54) is 17.5 Å². The second-order valence-electron chi connectivity index (χ2n) is 4.65. The van der Waals surface area contributed by atoms with Crippen LogP contribution in [0.3, 0.4) is 0 Å². The van der Waals surface area contributed by atoms with Gasteiger partial charge in [0.05, 0.1) is 0 Å². The van der Waals surface area contributed by atoms with Crippen LogP contribution in [-0.4, -0.2) is 31.6 Å². The van der Waals surface area contributed by atoms with Crippen LogP contribution in [0.1, 0.15) is 24.5 Å². The summed E-state index contributed by atoms with van der Waals surface area (Å²) in [4.78, 5) is 2.28. The number of aryl methyl sites for hydroxylation is 1. The highest BCUT2D eigenvalue weighted by Gasteiger charge is 2.07. The molecule has 2 heteroatoms. The van der Waals surface area contributed by atoms with Gasteiger partial charge in [-0.05, 0) is 33.0 Å². The molecule has 0 saturated heterocycles. The van der Waals surface area contributed by atoms with Gasteiger partial charge in [-0.1, -0.05) is 36.8 Å². The SMILES string of the molecule is CCC(CNCc1cccc(C)c1)N(C)C. The zero-order valence-corrected chi connectivity index (χ0v) is 11.0. The Labute approximate surface area is 99.7 Å². The van der Waals surface area contributed by atoms with Crippen molar-refractivity contribution in [1.29, 1.82) is 0 Å². The Hall–Kier alpha value is -0.860. The molecule has 0 saturated carbocycles. The van der Waals surface area contributed by atoms with Gasteiger partial charge in [0.25, 0.3) is 0 Å². The lowest BCUT2D eigenvalue weighted by Crippen LogP contribution is -2.37. The van der Waals surface area contributed by atoms with Gasteiger partial charge in [-0.3, -0.25) is 0 Å². The monoisotopic (exact) mass is 220 g/mol. The quantitative estimate of drug-likeness (QED) is 0.792. The van der Waals surface area contributed by atoms with E-state index in [0.29, 0.717) is 6.04 Å². The van der Waals surface area contributed by atoms with Gasteiger partial charge in [0, 0.05) is 19.1 Å². The van der Waals surface area contributed by atoms with Crippen molar-refractivity contribution < 1.29 is 0 Å². The van der Waals surface area contributed by atoms with Gasteiger partial charge in [-0.15, -0.1) is 0 Å². The molecule has 1 aromatic carbocycles. The first kappa shape index (κ1) is 13.2. The molecule has 1 rings (SSSR count). The fourth-order valence-electron chi connectivity index (χ4n) is 1.90. The summed E-state index contributed by atoms with van der Waals surface area (Å²) in [6.07, 6.45) is 1.19. The maximum absolute atomic E-state index is 3.52. The standard InChI is InChI=1S/C14H24N2/c1-5-14(16(3)4)11-15-10-13-8-6-7-12(2)9-13/h6-9,14-15H,5,10-11H2,1-4H3. The number of likely N-dealkylation sites (N-methyl/N-ethyl adjacent to an activating group) is 1. The average Bonchev–Trinajstić information content (AvgIpc) is 2.24. The molecule has 1 aromatic rings. The minimum Gasteiger partial charge on any atom is -0.311 e. The molecule has 0 spiro atoms. The van der Waals surface area contributed by atoms with E-state index in [9.17, 15) is 0 Å². The van der Waals surface area contributed by atoms with E-state index in [1.54, 1.807) is 0 Å². The summed E-state index contributed by atoms with van der Waals surface area (Å²) >= 11 is 0. The third kappa shape index (κ3) is 4.33. The summed E-state index contributed by atoms with van der Waals surface area (Å²) in [5, 5.41) is 3.52. The maximum atomic E-state index is 3.52. The Morgan fingerprint density at radius 1 is 1.31 bits per heavy atom. The third-order valence-corrected chi connectivity index (χ3v) is 2.99. The van der Waals surface area contributed by atoms with Crippen molar-refractivity contribution in [3.05, 3.63) is 35.4 Å². The van der Waals surface area contributed by atoms with Gasteiger partial charge >= 0.3 is 0 Å². The van der Waals surface area contributed by atoms with Crippen LogP contribution >= 0.6 is 0 Å². The molecular formula is C14H24N2. The predicted octanol–water partition coefficient (Wildman–Crippen LogP) is 2.42. The topological polar surface area (TPSA) is 15.3 Å². The second-order valence-corrected chi connectivity index (χ2v) is 4.65. The molecule has 0 radical (unpaired) electrons. The molecule has 1 unspecified atom stereocenters. The van der Waals surface area contributed by atoms with Gasteiger partial charge < -0.3 is 10.2 Å². The van der Waals surface area contributed by atoms with Crippen molar-refractivity contribution >= 4 is 0 Å². The van der Waals surface area contributed by atoms with Crippen molar-refractivity contribution in [3.8, 4) is 0 Å². The molecule has 1 atom stereocenters. The van der Waals surface area contributed by atoms with Crippen LogP contribution in [0.25, 0.3) is 0 Å². The summed E-state index contributed by atoms with van der Waals surface area (Å²) < 4.78 is 0. The molecule has 16 heavy (non-hydrogen) atoms. The largest absolute Gasteiger partial charge is 0.311 e. The van der Waals surface area contributed by atoms with Crippen LogP contribution in [-0.2, 0) is 6.54 Å². The average molecular weight is 220 g/mol. The summed E-state index contributed by atoms with van der Waals surface area (Å²) in [5.74, 6) is 0. The number of hydrogen-bond acceptors (Lipinski definition) is 2. The van der Waals surface area contributed by atoms with E-state index < -0.39 is 0 Å². The zero-order valence-electron chi connectivity index (χ0n) is 11.0. The molecule has 90 valence electrons. The number of nitrogens with one attached hydrogen (secondary N) is 1. The van der Waals surface area contributed by atoms with E-state index in [-0.39, 0.29) is 0 Å². The number of hydrogen-bond donors (Lipinski definition) is 1. The Bertz CT molecular complexity index is 307. The number of nitrogens with zero attached hydrogens (tertiary/aromatic N) is 1. The van der Waals surface area contributed by atoms with Crippen molar-refractivity contribution in [1.82, 2.24) is 10.2 Å². The minimum absolute atomic E-state index is 0.629. The van der Waals surface area contributed by atoms with Crippen molar-refractivity contribution in [2.75, 3.05) is 20.6 Å². The molecule has 0 bridgehead atoms. The van der Waals surface area contributed by atoms with Gasteiger partial charge in [0.1, 0.15) is 0 Å². The second kappa shape index (κ2) is 6.66. The molecule has 0 fully saturated rings. The van der Waals surface area contributed by atoms with Crippen LogP contribution in [0.15, 0.2) is 24.3 Å². The molecule has 2 nitrogen and oxygen atoms in total. The Balaban J connectivity index is 2.35. The van der Waals surface area contributed by atoms with Gasteiger partial charge in [-0.25, -0.2) is 0 Å². The fraction of sp³-hybridized carbons (Fsp3) is 0.571. The highest BCUT2D eigenvalue weighted by Crippen LogP contribution is 2.04. The predicted molar refractivity (Wildman–Crippen MR) is 70.7 cm³/mol. The fourth-order valence-corrected chi connectivity index (χ4v) is 1.90. The van der Waals surface area contributed by atoms with Gasteiger partial charge in [0.15, 0.2) is 0 Å². The molecule has 0 aromatic heterocycles. The summed E-state index contributed by atoms with van der Waals surface area (Å²) in [6, 6.07) is 9.30. The van der Waals surface area contributed by atoms with Crippen LogP contribution < -0.4 is 5.32 Å². The Morgan fingerprint density at radius 2 is 2.06 bits per heavy atom. The van der Waals surface area contributed by atoms with E-state index in [4.69, 9.17) is 0 Å². The Kier molecular flexibility index (Phi) is 5.50. The molecule has 0 aliphatic carbocycles. The maximum Gasteiger partial charge on any atom is 0.0212 e. The molecule has 0 aliphatic rings. The van der Waals surface area contributed by atoms with Crippen molar-refractivity contribution in [2.24, 2.45) is 0 Å². The van der Waals surface area contributed by atoms with Crippen molar-refractivity contribution in [3.63, 3.8) is 0 Å². The van der Waals surface area contributed by atoms with Crippen LogP contribution in [0.4, 0.5) is 0 Å². The lowest BCUT2D eigenvalue weighted by atomic mass is 10.1. The summed E-state index contributed by atoms with van der Waals surface area (Å²) in [6.45, 7) is 6.39. The first-order valence-corrected chi connectivity index (χ1v) is 6.06. The van der Waals surface area contributed by atoms with Crippen LogP contribution in [0.5, 0.6) is 0 Å². The minimum atomic E-state index is 0.629. The molecule has 1 N–H and O–H groups in total. The lowest BCUT2D eigenvalue weighted by Gasteiger charge is -2.23. The molecule has 0 amide bonds. The Morgan fingerprint density at radius 3 is 2.62 bits per heavy atom. The van der Waals surface area contributed by atoms with Gasteiger partial charge in [0.2, 0.25) is 0 Å². The van der Waals surface area contributed by atoms with Gasteiger partial charge in [-0.2, -0.15) is 0 Å². The number of rotatable bonds is 6. The van der Waals surface area contributed by atoms with E-state index in [1.807, 2.05) is 0 Å². The number of benzene rings is 1. The highest BCUT2D eigenvalue weighted by atomic mass is 15.1. The van der Waals surface area contributed by atoms with E-state index >= 15 is 0 Å². The van der Waals surface area contributed by atoms with Crippen LogP contribution in [0.2, 0.25) is 0 Å². The van der Waals surface area contributed by atoms with Crippen molar-refractivity contribution in [2.45, 2.75) is 32.9 Å². The summed E-state index contributed by atoms with van der Waals surface area (Å²) in [5.41, 5.74) is 2.70. The van der Waals surface area contributed by atoms with E-state index in [0.717, 1.165) is 13.1 Å². The smallest absolute Gasteiger partial charge is 0.0212 e. The molecule has 0 heterocycles. The third-order valence-electron chi connectivity index (χ3n) is 2.99. The lowest BCUT2D eigenvalue weighted by molar-refractivity contribution is 0.276. The first-order chi connectivity index (χ1) is 7.63. The summed E-state index contributed by atoms with van der Waals surface area (Å²) in [7, 11) is 4.28.